The van der Waals surface area contributed by atoms with E-state index in [4.69, 9.17) is 0 Å². The van der Waals surface area contributed by atoms with Crippen LogP contribution in [0.2, 0.25) is 0 Å². The van der Waals surface area contributed by atoms with E-state index in [9.17, 15) is 19.8 Å². The topological polar surface area (TPSA) is 105 Å². The molecule has 3 amide bonds. The van der Waals surface area contributed by atoms with E-state index >= 15 is 0 Å². The lowest BCUT2D eigenvalue weighted by atomic mass is 10.1. The third-order valence-corrected chi connectivity index (χ3v) is 4.50. The molecular formula is C19H28N4O4. The van der Waals surface area contributed by atoms with Gasteiger partial charge in [-0.25, -0.2) is 4.79 Å². The summed E-state index contributed by atoms with van der Waals surface area (Å²) in [5.41, 5.74) is 1.07. The second-order valence-electron chi connectivity index (χ2n) is 7.01. The molecule has 0 saturated heterocycles. The Hall–Kier alpha value is -2.58. The number of aromatic hydroxyl groups is 1. The molecule has 1 aliphatic heterocycles. The van der Waals surface area contributed by atoms with Gasteiger partial charge in [0, 0.05) is 31.2 Å². The molecule has 0 bridgehead atoms. The predicted molar refractivity (Wildman–Crippen MR) is 102 cm³/mol. The summed E-state index contributed by atoms with van der Waals surface area (Å²) >= 11 is 0. The van der Waals surface area contributed by atoms with Crippen LogP contribution in [0.1, 0.15) is 12.5 Å². The Morgan fingerprint density at radius 3 is 2.52 bits per heavy atom. The molecule has 3 atom stereocenters. The Labute approximate surface area is 159 Å². The molecule has 1 aromatic carbocycles. The van der Waals surface area contributed by atoms with E-state index in [1.165, 1.54) is 17.1 Å². The lowest BCUT2D eigenvalue weighted by molar-refractivity contribution is -0.131. The van der Waals surface area contributed by atoms with Gasteiger partial charge < -0.3 is 30.6 Å². The lowest BCUT2D eigenvalue weighted by Crippen LogP contribution is -2.50. The van der Waals surface area contributed by atoms with Gasteiger partial charge in [0.1, 0.15) is 12.0 Å². The first-order valence-corrected chi connectivity index (χ1v) is 8.92. The summed E-state index contributed by atoms with van der Waals surface area (Å²) in [6.07, 6.45) is 2.53. The van der Waals surface area contributed by atoms with Crippen LogP contribution in [0.15, 0.2) is 36.4 Å². The zero-order valence-electron chi connectivity index (χ0n) is 15.9. The maximum atomic E-state index is 12.2. The fraction of sp³-hybridized carbons (Fsp3) is 0.474. The highest BCUT2D eigenvalue weighted by molar-refractivity contribution is 5.90. The zero-order chi connectivity index (χ0) is 20.0. The number of aliphatic hydroxyl groups is 1. The van der Waals surface area contributed by atoms with E-state index in [0.717, 1.165) is 12.0 Å². The van der Waals surface area contributed by atoms with E-state index in [1.54, 1.807) is 19.1 Å². The fourth-order valence-electron chi connectivity index (χ4n) is 2.86. The number of aliphatic hydroxyl groups excluding tert-OH is 1. The number of benzene rings is 1. The minimum absolute atomic E-state index is 0.0850. The van der Waals surface area contributed by atoms with Crippen molar-refractivity contribution in [3.63, 3.8) is 0 Å². The number of hydrogen-bond donors (Lipinski definition) is 4. The summed E-state index contributed by atoms with van der Waals surface area (Å²) in [6.45, 7) is 2.45. The number of phenolic OH excluding ortho intramolecular Hbond substituents is 1. The van der Waals surface area contributed by atoms with Crippen molar-refractivity contribution in [3.8, 4) is 5.75 Å². The Bertz CT molecular complexity index is 675. The minimum atomic E-state index is -0.937. The van der Waals surface area contributed by atoms with Gasteiger partial charge in [-0.05, 0) is 51.2 Å². The maximum absolute atomic E-state index is 12.2. The van der Waals surface area contributed by atoms with Crippen molar-refractivity contribution in [2.45, 2.75) is 31.7 Å². The minimum Gasteiger partial charge on any atom is -0.508 e. The number of hydrogen-bond acceptors (Lipinski definition) is 5. The molecule has 1 aromatic rings. The number of rotatable bonds is 8. The van der Waals surface area contributed by atoms with Crippen LogP contribution in [0.4, 0.5) is 4.79 Å². The number of phenols is 1. The molecule has 1 aliphatic rings. The van der Waals surface area contributed by atoms with Crippen molar-refractivity contribution in [3.05, 3.63) is 42.0 Å². The number of carbonyl (C=O) groups excluding carboxylic acids is 2. The highest BCUT2D eigenvalue weighted by Gasteiger charge is 2.25. The van der Waals surface area contributed by atoms with Gasteiger partial charge in [-0.2, -0.15) is 0 Å². The molecule has 8 nitrogen and oxygen atoms in total. The SMILES string of the molecule is C[C@H](CN1C(=O)C=CC1O)NC(=O)NC[C@H](Cc1ccc(O)cc1)N(C)C. The third kappa shape index (κ3) is 6.26. The molecule has 0 aliphatic carbocycles. The molecule has 8 heteroatoms. The molecule has 1 unspecified atom stereocenters. The van der Waals surface area contributed by atoms with Crippen LogP contribution in [0, 0.1) is 0 Å². The highest BCUT2D eigenvalue weighted by atomic mass is 16.3. The Morgan fingerprint density at radius 2 is 1.96 bits per heavy atom. The van der Waals surface area contributed by atoms with Gasteiger partial charge >= 0.3 is 6.03 Å². The maximum Gasteiger partial charge on any atom is 0.315 e. The number of nitrogens with one attached hydrogen (secondary N) is 2. The van der Waals surface area contributed by atoms with Crippen LogP contribution in [-0.2, 0) is 11.2 Å². The quantitative estimate of drug-likeness (QED) is 0.521. The van der Waals surface area contributed by atoms with E-state index < -0.39 is 6.23 Å². The summed E-state index contributed by atoms with van der Waals surface area (Å²) < 4.78 is 0. The molecule has 2 rings (SSSR count). The summed E-state index contributed by atoms with van der Waals surface area (Å²) in [7, 11) is 3.89. The molecule has 0 radical (unpaired) electrons. The summed E-state index contributed by atoms with van der Waals surface area (Å²) in [6, 6.07) is 6.47. The monoisotopic (exact) mass is 376 g/mol. The Kier molecular flexibility index (Phi) is 7.20. The normalized spacial score (nSPS) is 18.6. The largest absolute Gasteiger partial charge is 0.508 e. The van der Waals surface area contributed by atoms with Crippen molar-refractivity contribution >= 4 is 11.9 Å². The van der Waals surface area contributed by atoms with Crippen LogP contribution in [0.5, 0.6) is 5.75 Å². The van der Waals surface area contributed by atoms with Crippen molar-refractivity contribution < 1.29 is 19.8 Å². The number of amides is 3. The van der Waals surface area contributed by atoms with Gasteiger partial charge in [0.25, 0.3) is 0 Å². The van der Waals surface area contributed by atoms with Gasteiger partial charge in [-0.3, -0.25) is 4.79 Å². The summed E-state index contributed by atoms with van der Waals surface area (Å²) in [5.74, 6) is -0.0402. The van der Waals surface area contributed by atoms with Crippen molar-refractivity contribution in [2.24, 2.45) is 0 Å². The highest BCUT2D eigenvalue weighted by Crippen LogP contribution is 2.12. The second-order valence-corrected chi connectivity index (χ2v) is 7.01. The number of likely N-dealkylation sites (N-methyl/N-ethyl adjacent to an activating group) is 1. The molecule has 27 heavy (non-hydrogen) atoms. The Morgan fingerprint density at radius 1 is 1.30 bits per heavy atom. The second kappa shape index (κ2) is 9.38. The standard InChI is InChI=1S/C19H28N4O4/c1-13(12-23-17(25)8-9-18(23)26)21-19(27)20-11-15(22(2)3)10-14-4-6-16(24)7-5-14/h4-9,13,15,17,24-25H,10-12H2,1-3H3,(H2,20,21,27)/t13-,15+,17?/m1/s1. The molecule has 0 spiro atoms. The molecule has 0 fully saturated rings. The average Bonchev–Trinajstić information content (AvgIpc) is 2.91. The van der Waals surface area contributed by atoms with Gasteiger partial charge in [-0.15, -0.1) is 0 Å². The molecule has 0 saturated carbocycles. The number of urea groups is 1. The van der Waals surface area contributed by atoms with Gasteiger partial charge in [-0.1, -0.05) is 12.1 Å². The zero-order valence-corrected chi connectivity index (χ0v) is 15.9. The van der Waals surface area contributed by atoms with Crippen LogP contribution < -0.4 is 10.6 Å². The first-order valence-electron chi connectivity index (χ1n) is 8.92. The van der Waals surface area contributed by atoms with Crippen LogP contribution >= 0.6 is 0 Å². The van der Waals surface area contributed by atoms with E-state index in [2.05, 4.69) is 10.6 Å². The number of nitrogens with zero attached hydrogens (tertiary/aromatic N) is 2. The summed E-state index contributed by atoms with van der Waals surface area (Å²) in [5, 5.41) is 24.7. The molecule has 148 valence electrons. The average molecular weight is 376 g/mol. The lowest BCUT2D eigenvalue weighted by Gasteiger charge is -2.27. The van der Waals surface area contributed by atoms with Crippen LogP contribution in [0.3, 0.4) is 0 Å². The van der Waals surface area contributed by atoms with E-state index in [0.29, 0.717) is 6.54 Å². The van der Waals surface area contributed by atoms with Crippen LogP contribution in [-0.4, -0.2) is 77.4 Å². The molecule has 0 aromatic heterocycles. The Balaban J connectivity index is 1.79. The predicted octanol–water partition coefficient (Wildman–Crippen LogP) is 0.269. The first kappa shape index (κ1) is 20.7. The van der Waals surface area contributed by atoms with Gasteiger partial charge in [0.15, 0.2) is 0 Å². The van der Waals surface area contributed by atoms with E-state index in [1.807, 2.05) is 31.1 Å². The molecular weight excluding hydrogens is 348 g/mol. The van der Waals surface area contributed by atoms with Crippen molar-refractivity contribution in [1.82, 2.24) is 20.4 Å². The van der Waals surface area contributed by atoms with Crippen molar-refractivity contribution in [2.75, 3.05) is 27.2 Å². The summed E-state index contributed by atoms with van der Waals surface area (Å²) in [4.78, 5) is 27.1. The molecule has 4 N–H and O–H groups in total. The van der Waals surface area contributed by atoms with Gasteiger partial charge in [0.2, 0.25) is 5.91 Å². The third-order valence-electron chi connectivity index (χ3n) is 4.50. The van der Waals surface area contributed by atoms with Crippen molar-refractivity contribution in [1.29, 1.82) is 0 Å². The smallest absolute Gasteiger partial charge is 0.315 e. The molecule has 1 heterocycles. The number of carbonyl (C=O) groups is 2. The van der Waals surface area contributed by atoms with E-state index in [-0.39, 0.29) is 36.3 Å². The first-order chi connectivity index (χ1) is 12.8. The van der Waals surface area contributed by atoms with Crippen LogP contribution in [0.25, 0.3) is 0 Å². The fourth-order valence-corrected chi connectivity index (χ4v) is 2.86. The van der Waals surface area contributed by atoms with Gasteiger partial charge in [0.05, 0.1) is 0 Å².